The average Bonchev–Trinajstić information content (AvgIpc) is 2.67. The van der Waals surface area contributed by atoms with Gasteiger partial charge in [0, 0.05) is 36.1 Å². The Morgan fingerprint density at radius 2 is 2.29 bits per heavy atom. The molecule has 0 spiro atoms. The summed E-state index contributed by atoms with van der Waals surface area (Å²) in [5.74, 6) is 0. The van der Waals surface area contributed by atoms with E-state index >= 15 is 0 Å². The molecule has 1 saturated heterocycles. The highest BCUT2D eigenvalue weighted by molar-refractivity contribution is 9.11. The Labute approximate surface area is 117 Å². The molecule has 1 atom stereocenters. The van der Waals surface area contributed by atoms with E-state index in [0.717, 1.165) is 19.6 Å². The van der Waals surface area contributed by atoms with Crippen molar-refractivity contribution in [3.05, 3.63) is 20.8 Å². The van der Waals surface area contributed by atoms with Gasteiger partial charge in [0.05, 0.1) is 3.79 Å². The van der Waals surface area contributed by atoms with Gasteiger partial charge in [-0.1, -0.05) is 6.92 Å². The normalized spacial score (nSPS) is 25.1. The van der Waals surface area contributed by atoms with E-state index in [0.29, 0.717) is 6.04 Å². The smallest absolute Gasteiger partial charge is 0.0701 e. The first-order valence-corrected chi connectivity index (χ1v) is 7.85. The molecule has 1 aromatic heterocycles. The van der Waals surface area contributed by atoms with E-state index < -0.39 is 0 Å². The van der Waals surface area contributed by atoms with Crippen molar-refractivity contribution in [2.45, 2.75) is 45.3 Å². The van der Waals surface area contributed by atoms with Gasteiger partial charge in [0.15, 0.2) is 0 Å². The molecule has 0 saturated carbocycles. The first kappa shape index (κ1) is 13.5. The summed E-state index contributed by atoms with van der Waals surface area (Å²) in [5, 5.41) is 3.63. The molecule has 0 aliphatic carbocycles. The topological polar surface area (TPSA) is 15.3 Å². The predicted octanol–water partition coefficient (Wildman–Crippen LogP) is 3.47. The molecule has 0 bridgehead atoms. The molecule has 2 rings (SSSR count). The molecule has 4 heteroatoms. The highest BCUT2D eigenvalue weighted by Crippen LogP contribution is 2.27. The summed E-state index contributed by atoms with van der Waals surface area (Å²) in [7, 11) is 0. The van der Waals surface area contributed by atoms with Crippen LogP contribution in [0.5, 0.6) is 0 Å². The zero-order valence-corrected chi connectivity index (χ0v) is 13.2. The van der Waals surface area contributed by atoms with Gasteiger partial charge < -0.3 is 5.32 Å². The summed E-state index contributed by atoms with van der Waals surface area (Å²) in [5.41, 5.74) is 0.252. The van der Waals surface area contributed by atoms with Gasteiger partial charge in [-0.15, -0.1) is 11.3 Å². The number of piperazine rings is 1. The molecule has 1 unspecified atom stereocenters. The van der Waals surface area contributed by atoms with Gasteiger partial charge in [0.25, 0.3) is 0 Å². The van der Waals surface area contributed by atoms with Crippen molar-refractivity contribution < 1.29 is 0 Å². The van der Waals surface area contributed by atoms with Gasteiger partial charge in [-0.25, -0.2) is 0 Å². The third-order valence-corrected chi connectivity index (χ3v) is 5.20. The summed E-state index contributed by atoms with van der Waals surface area (Å²) in [4.78, 5) is 4.05. The molecular weight excluding hydrogens is 296 g/mol. The number of nitrogens with one attached hydrogen (secondary N) is 1. The molecule has 2 heterocycles. The third kappa shape index (κ3) is 3.31. The van der Waals surface area contributed by atoms with Crippen molar-refractivity contribution in [3.63, 3.8) is 0 Å². The van der Waals surface area contributed by atoms with Gasteiger partial charge in [-0.2, -0.15) is 0 Å². The Balaban J connectivity index is 2.05. The van der Waals surface area contributed by atoms with E-state index in [9.17, 15) is 0 Å². The van der Waals surface area contributed by atoms with E-state index in [1.54, 1.807) is 0 Å². The Morgan fingerprint density at radius 3 is 2.88 bits per heavy atom. The van der Waals surface area contributed by atoms with Crippen LogP contribution < -0.4 is 5.32 Å². The number of thiophene rings is 1. The van der Waals surface area contributed by atoms with E-state index in [-0.39, 0.29) is 5.54 Å². The molecule has 1 aromatic rings. The average molecular weight is 317 g/mol. The van der Waals surface area contributed by atoms with Crippen LogP contribution in [0.15, 0.2) is 15.9 Å². The predicted molar refractivity (Wildman–Crippen MR) is 78.6 cm³/mol. The van der Waals surface area contributed by atoms with Crippen molar-refractivity contribution in [1.82, 2.24) is 10.2 Å². The quantitative estimate of drug-likeness (QED) is 0.918. The summed E-state index contributed by atoms with van der Waals surface area (Å²) < 4.78 is 1.23. The van der Waals surface area contributed by atoms with E-state index in [1.807, 2.05) is 11.3 Å². The second-order valence-corrected chi connectivity index (χ2v) is 7.93. The number of nitrogens with zero attached hydrogens (tertiary/aromatic N) is 1. The minimum Gasteiger partial charge on any atom is -0.311 e. The van der Waals surface area contributed by atoms with Crippen LogP contribution in [0.1, 0.15) is 32.1 Å². The van der Waals surface area contributed by atoms with Crippen LogP contribution in [0.2, 0.25) is 0 Å². The van der Waals surface area contributed by atoms with Crippen LogP contribution in [0, 0.1) is 0 Å². The third-order valence-electron chi connectivity index (χ3n) is 3.59. The van der Waals surface area contributed by atoms with Crippen molar-refractivity contribution >= 4 is 27.3 Å². The van der Waals surface area contributed by atoms with E-state index in [2.05, 4.69) is 59.1 Å². The number of halogens is 1. The Kier molecular flexibility index (Phi) is 4.29. The SMILES string of the molecule is CCC1CN(Cc2ccc(Br)s2)C(C)(C)CN1. The van der Waals surface area contributed by atoms with Crippen molar-refractivity contribution in [2.24, 2.45) is 0 Å². The van der Waals surface area contributed by atoms with Gasteiger partial charge in [-0.05, 0) is 48.3 Å². The van der Waals surface area contributed by atoms with Gasteiger partial charge >= 0.3 is 0 Å². The molecule has 17 heavy (non-hydrogen) atoms. The fraction of sp³-hybridized carbons (Fsp3) is 0.692. The molecule has 1 aliphatic rings. The van der Waals surface area contributed by atoms with E-state index in [4.69, 9.17) is 0 Å². The highest BCUT2D eigenvalue weighted by Gasteiger charge is 2.33. The maximum atomic E-state index is 3.63. The van der Waals surface area contributed by atoms with Gasteiger partial charge in [0.1, 0.15) is 0 Å². The summed E-state index contributed by atoms with van der Waals surface area (Å²) >= 11 is 5.38. The fourth-order valence-electron chi connectivity index (χ4n) is 2.26. The fourth-order valence-corrected chi connectivity index (χ4v) is 3.76. The zero-order chi connectivity index (χ0) is 12.5. The van der Waals surface area contributed by atoms with Crippen LogP contribution in [0.3, 0.4) is 0 Å². The lowest BCUT2D eigenvalue weighted by Gasteiger charge is -2.46. The molecule has 0 amide bonds. The summed E-state index contributed by atoms with van der Waals surface area (Å²) in [6.45, 7) is 10.2. The monoisotopic (exact) mass is 316 g/mol. The molecule has 0 radical (unpaired) electrons. The first-order chi connectivity index (χ1) is 8.01. The number of hydrogen-bond donors (Lipinski definition) is 1. The maximum Gasteiger partial charge on any atom is 0.0701 e. The largest absolute Gasteiger partial charge is 0.311 e. The van der Waals surface area contributed by atoms with Crippen LogP contribution >= 0.6 is 27.3 Å². The molecule has 2 nitrogen and oxygen atoms in total. The Bertz CT molecular complexity index is 375. The lowest BCUT2D eigenvalue weighted by atomic mass is 9.96. The molecule has 96 valence electrons. The minimum atomic E-state index is 0.252. The second-order valence-electron chi connectivity index (χ2n) is 5.38. The van der Waals surface area contributed by atoms with Crippen molar-refractivity contribution in [1.29, 1.82) is 0 Å². The van der Waals surface area contributed by atoms with Crippen LogP contribution in [-0.2, 0) is 6.54 Å². The second kappa shape index (κ2) is 5.39. The zero-order valence-electron chi connectivity index (χ0n) is 10.8. The summed E-state index contributed by atoms with van der Waals surface area (Å²) in [6.07, 6.45) is 1.21. The maximum absolute atomic E-state index is 3.63. The lowest BCUT2D eigenvalue weighted by Crippen LogP contribution is -2.61. The Hall–Kier alpha value is 0.1000. The first-order valence-electron chi connectivity index (χ1n) is 6.24. The highest BCUT2D eigenvalue weighted by atomic mass is 79.9. The van der Waals surface area contributed by atoms with Crippen LogP contribution in [-0.4, -0.2) is 29.6 Å². The molecular formula is C13H21BrN2S. The van der Waals surface area contributed by atoms with E-state index in [1.165, 1.54) is 15.1 Å². The van der Waals surface area contributed by atoms with Crippen LogP contribution in [0.25, 0.3) is 0 Å². The molecule has 1 N–H and O–H groups in total. The standard InChI is InChI=1S/C13H21BrN2S/c1-4-10-7-16(13(2,3)9-15-10)8-11-5-6-12(14)17-11/h5-6,10,15H,4,7-9H2,1-3H3. The minimum absolute atomic E-state index is 0.252. The van der Waals surface area contributed by atoms with Crippen molar-refractivity contribution in [2.75, 3.05) is 13.1 Å². The molecule has 1 aliphatic heterocycles. The molecule has 1 fully saturated rings. The Morgan fingerprint density at radius 1 is 1.53 bits per heavy atom. The molecule has 0 aromatic carbocycles. The lowest BCUT2D eigenvalue weighted by molar-refractivity contribution is 0.0586. The van der Waals surface area contributed by atoms with Gasteiger partial charge in [0.2, 0.25) is 0 Å². The van der Waals surface area contributed by atoms with Crippen LogP contribution in [0.4, 0.5) is 0 Å². The summed E-state index contributed by atoms with van der Waals surface area (Å²) in [6, 6.07) is 5.02. The number of hydrogen-bond acceptors (Lipinski definition) is 3. The van der Waals surface area contributed by atoms with Crippen molar-refractivity contribution in [3.8, 4) is 0 Å². The number of rotatable bonds is 3. The van der Waals surface area contributed by atoms with Gasteiger partial charge in [-0.3, -0.25) is 4.90 Å².